The number of nitrogens with zero attached hydrogens (tertiary/aromatic N) is 3. The maximum atomic E-state index is 4.31. The summed E-state index contributed by atoms with van der Waals surface area (Å²) >= 11 is 1.21. The van der Waals surface area contributed by atoms with Gasteiger partial charge < -0.3 is 5.32 Å². The molecule has 0 bridgehead atoms. The van der Waals surface area contributed by atoms with Gasteiger partial charge in [0.05, 0.1) is 17.2 Å². The monoisotopic (exact) mass is 242 g/mol. The Morgan fingerprint density at radius 2 is 2.12 bits per heavy atom. The number of aromatic nitrogens is 3. The average Bonchev–Trinajstić information content (AvgIpc) is 2.86. The lowest BCUT2D eigenvalue weighted by Gasteiger charge is -2.02. The van der Waals surface area contributed by atoms with Crippen LogP contribution in [0.4, 0.5) is 5.82 Å². The van der Waals surface area contributed by atoms with Crippen molar-refractivity contribution in [3.63, 3.8) is 0 Å². The number of fused-ring (bicyclic) bond motifs is 1. The zero-order chi connectivity index (χ0) is 11.7. The fourth-order valence-corrected chi connectivity index (χ4v) is 2.34. The first-order chi connectivity index (χ1) is 8.38. The molecule has 2 heterocycles. The summed E-state index contributed by atoms with van der Waals surface area (Å²) in [5.74, 6) is 0.818. The molecule has 0 spiro atoms. The van der Waals surface area contributed by atoms with Crippen molar-refractivity contribution in [2.24, 2.45) is 0 Å². The van der Waals surface area contributed by atoms with Gasteiger partial charge in [0.15, 0.2) is 5.82 Å². The summed E-state index contributed by atoms with van der Waals surface area (Å²) in [7, 11) is 1.85. The van der Waals surface area contributed by atoms with E-state index in [4.69, 9.17) is 0 Å². The maximum Gasteiger partial charge on any atom is 0.167 e. The van der Waals surface area contributed by atoms with Gasteiger partial charge in [-0.1, -0.05) is 12.1 Å². The molecule has 17 heavy (non-hydrogen) atoms. The van der Waals surface area contributed by atoms with E-state index in [-0.39, 0.29) is 0 Å². The van der Waals surface area contributed by atoms with Gasteiger partial charge in [-0.25, -0.2) is 0 Å². The molecule has 2 aromatic heterocycles. The number of pyridine rings is 1. The lowest BCUT2D eigenvalue weighted by molar-refractivity contribution is 1.39. The summed E-state index contributed by atoms with van der Waals surface area (Å²) in [5.41, 5.74) is 2.94. The molecule has 4 nitrogen and oxygen atoms in total. The third-order valence-electron chi connectivity index (χ3n) is 2.60. The van der Waals surface area contributed by atoms with E-state index in [0.29, 0.717) is 0 Å². The van der Waals surface area contributed by atoms with Crippen LogP contribution in [0.5, 0.6) is 0 Å². The van der Waals surface area contributed by atoms with Gasteiger partial charge in [0.2, 0.25) is 0 Å². The minimum absolute atomic E-state index is 0.818. The van der Waals surface area contributed by atoms with Gasteiger partial charge in [-0.2, -0.15) is 8.75 Å². The quantitative estimate of drug-likeness (QED) is 0.750. The van der Waals surface area contributed by atoms with Crippen molar-refractivity contribution >= 4 is 28.4 Å². The highest BCUT2D eigenvalue weighted by Crippen LogP contribution is 2.27. The Morgan fingerprint density at radius 1 is 1.18 bits per heavy atom. The van der Waals surface area contributed by atoms with Crippen LogP contribution in [0, 0.1) is 0 Å². The van der Waals surface area contributed by atoms with Crippen molar-refractivity contribution in [3.05, 3.63) is 36.5 Å². The SMILES string of the molecule is CNc1nsnc1-c1ccc2ncccc2c1. The lowest BCUT2D eigenvalue weighted by atomic mass is 10.1. The van der Waals surface area contributed by atoms with E-state index in [2.05, 4.69) is 25.1 Å². The largest absolute Gasteiger partial charge is 0.370 e. The minimum atomic E-state index is 0.818. The van der Waals surface area contributed by atoms with E-state index in [0.717, 1.165) is 28.0 Å². The van der Waals surface area contributed by atoms with Crippen molar-refractivity contribution in [1.82, 2.24) is 13.7 Å². The van der Waals surface area contributed by atoms with Crippen molar-refractivity contribution in [3.8, 4) is 11.3 Å². The first kappa shape index (κ1) is 10.2. The fourth-order valence-electron chi connectivity index (χ4n) is 1.76. The molecular formula is C12H10N4S. The smallest absolute Gasteiger partial charge is 0.167 e. The molecule has 0 fully saturated rings. The predicted molar refractivity (Wildman–Crippen MR) is 70.2 cm³/mol. The number of hydrogen-bond donors (Lipinski definition) is 1. The summed E-state index contributed by atoms with van der Waals surface area (Å²) < 4.78 is 8.51. The van der Waals surface area contributed by atoms with E-state index in [9.17, 15) is 0 Å². The Balaban J connectivity index is 2.18. The molecule has 0 aliphatic carbocycles. The van der Waals surface area contributed by atoms with Crippen molar-refractivity contribution < 1.29 is 0 Å². The van der Waals surface area contributed by atoms with Crippen LogP contribution in [-0.4, -0.2) is 20.8 Å². The van der Waals surface area contributed by atoms with Gasteiger partial charge in [0.25, 0.3) is 0 Å². The molecule has 0 saturated heterocycles. The highest BCUT2D eigenvalue weighted by molar-refractivity contribution is 6.99. The van der Waals surface area contributed by atoms with Crippen molar-refractivity contribution in [2.45, 2.75) is 0 Å². The van der Waals surface area contributed by atoms with Gasteiger partial charge in [0.1, 0.15) is 5.69 Å². The molecule has 0 amide bonds. The van der Waals surface area contributed by atoms with Crippen LogP contribution in [0.15, 0.2) is 36.5 Å². The van der Waals surface area contributed by atoms with Crippen molar-refractivity contribution in [2.75, 3.05) is 12.4 Å². The number of benzene rings is 1. The molecule has 0 aliphatic rings. The van der Waals surface area contributed by atoms with E-state index in [1.165, 1.54) is 11.7 Å². The highest BCUT2D eigenvalue weighted by atomic mass is 32.1. The molecule has 5 heteroatoms. The fraction of sp³-hybridized carbons (Fsp3) is 0.0833. The Labute approximate surface area is 103 Å². The molecule has 0 radical (unpaired) electrons. The minimum Gasteiger partial charge on any atom is -0.370 e. The zero-order valence-electron chi connectivity index (χ0n) is 9.21. The van der Waals surface area contributed by atoms with Crippen LogP contribution in [0.1, 0.15) is 0 Å². The summed E-state index contributed by atoms with van der Waals surface area (Å²) in [6.07, 6.45) is 1.80. The summed E-state index contributed by atoms with van der Waals surface area (Å²) in [6, 6.07) is 10.1. The van der Waals surface area contributed by atoms with Gasteiger partial charge in [0, 0.05) is 24.2 Å². The normalized spacial score (nSPS) is 10.6. The second kappa shape index (κ2) is 4.10. The third-order valence-corrected chi connectivity index (χ3v) is 3.13. The molecule has 84 valence electrons. The maximum absolute atomic E-state index is 4.31. The Hall–Kier alpha value is -2.01. The zero-order valence-corrected chi connectivity index (χ0v) is 10.0. The Kier molecular flexibility index (Phi) is 2.45. The number of hydrogen-bond acceptors (Lipinski definition) is 5. The first-order valence-electron chi connectivity index (χ1n) is 5.24. The van der Waals surface area contributed by atoms with Crippen LogP contribution in [0.2, 0.25) is 0 Å². The standard InChI is InChI=1S/C12H10N4S/c1-13-12-11(15-17-16-12)9-4-5-10-8(7-9)3-2-6-14-10/h2-7H,1H3,(H,13,16). The topological polar surface area (TPSA) is 50.7 Å². The lowest BCUT2D eigenvalue weighted by Crippen LogP contribution is -1.91. The molecule has 3 rings (SSSR count). The van der Waals surface area contributed by atoms with Gasteiger partial charge in [-0.3, -0.25) is 4.98 Å². The summed E-state index contributed by atoms with van der Waals surface area (Å²) in [4.78, 5) is 4.30. The molecule has 1 aromatic carbocycles. The molecule has 0 unspecified atom stereocenters. The van der Waals surface area contributed by atoms with Gasteiger partial charge in [-0.05, 0) is 18.2 Å². The van der Waals surface area contributed by atoms with Gasteiger partial charge >= 0.3 is 0 Å². The molecule has 0 saturated carbocycles. The Morgan fingerprint density at radius 3 is 3.00 bits per heavy atom. The second-order valence-electron chi connectivity index (χ2n) is 3.62. The molecule has 0 aliphatic heterocycles. The van der Waals surface area contributed by atoms with Gasteiger partial charge in [-0.15, -0.1) is 0 Å². The molecular weight excluding hydrogens is 232 g/mol. The van der Waals surface area contributed by atoms with E-state index >= 15 is 0 Å². The van der Waals surface area contributed by atoms with E-state index in [1.54, 1.807) is 6.20 Å². The molecule has 3 aromatic rings. The predicted octanol–water partition coefficient (Wildman–Crippen LogP) is 2.80. The van der Waals surface area contributed by atoms with E-state index in [1.807, 2.05) is 31.3 Å². The van der Waals surface area contributed by atoms with Crippen LogP contribution in [0.3, 0.4) is 0 Å². The van der Waals surface area contributed by atoms with Crippen molar-refractivity contribution in [1.29, 1.82) is 0 Å². The van der Waals surface area contributed by atoms with Crippen LogP contribution >= 0.6 is 11.7 Å². The van der Waals surface area contributed by atoms with E-state index < -0.39 is 0 Å². The number of rotatable bonds is 2. The summed E-state index contributed by atoms with van der Waals surface area (Å²) in [5, 5.41) is 4.15. The highest BCUT2D eigenvalue weighted by Gasteiger charge is 2.09. The third kappa shape index (κ3) is 1.74. The number of anilines is 1. The molecule has 0 atom stereocenters. The second-order valence-corrected chi connectivity index (χ2v) is 4.15. The number of nitrogens with one attached hydrogen (secondary N) is 1. The van der Waals surface area contributed by atoms with Crippen LogP contribution in [-0.2, 0) is 0 Å². The van der Waals surface area contributed by atoms with Crippen LogP contribution < -0.4 is 5.32 Å². The van der Waals surface area contributed by atoms with Crippen LogP contribution in [0.25, 0.3) is 22.2 Å². The Bertz CT molecular complexity index is 662. The molecule has 1 N–H and O–H groups in total. The summed E-state index contributed by atoms with van der Waals surface area (Å²) in [6.45, 7) is 0. The first-order valence-corrected chi connectivity index (χ1v) is 5.97. The average molecular weight is 242 g/mol.